The first-order valence-corrected chi connectivity index (χ1v) is 16.5. The van der Waals surface area contributed by atoms with E-state index in [4.69, 9.17) is 15.7 Å². The Hall–Kier alpha value is -4.26. The number of benzene rings is 1. The fraction of sp³-hybridized carbons (Fsp3) is 0.471. The zero-order chi connectivity index (χ0) is 31.6. The van der Waals surface area contributed by atoms with Crippen molar-refractivity contribution in [3.05, 3.63) is 54.5 Å². The number of anilines is 4. The number of rotatable bonds is 8. The van der Waals surface area contributed by atoms with E-state index in [1.54, 1.807) is 6.20 Å². The zero-order valence-electron chi connectivity index (χ0n) is 26.5. The molecule has 12 nitrogen and oxygen atoms in total. The van der Waals surface area contributed by atoms with Gasteiger partial charge in [0.25, 0.3) is 5.91 Å². The number of primary amides is 1. The third kappa shape index (κ3) is 6.51. The number of hydrogen-bond acceptors (Lipinski definition) is 10. The van der Waals surface area contributed by atoms with Gasteiger partial charge < -0.3 is 36.3 Å². The second-order valence-corrected chi connectivity index (χ2v) is 13.0. The molecule has 7 rings (SSSR count). The van der Waals surface area contributed by atoms with Gasteiger partial charge >= 0.3 is 0 Å². The Morgan fingerprint density at radius 3 is 2.35 bits per heavy atom. The molecule has 0 radical (unpaired) electrons. The molecule has 0 unspecified atom stereocenters. The van der Waals surface area contributed by atoms with Crippen LogP contribution >= 0.6 is 0 Å². The lowest BCUT2D eigenvalue weighted by Gasteiger charge is -2.42. The summed E-state index contributed by atoms with van der Waals surface area (Å²) in [6, 6.07) is 12.9. The van der Waals surface area contributed by atoms with Gasteiger partial charge in [-0.3, -0.25) is 14.7 Å². The van der Waals surface area contributed by atoms with Crippen molar-refractivity contribution in [3.63, 3.8) is 0 Å². The van der Waals surface area contributed by atoms with E-state index >= 15 is 0 Å². The van der Waals surface area contributed by atoms with Crippen LogP contribution in [0.25, 0.3) is 22.3 Å². The molecule has 1 aromatic carbocycles. The normalized spacial score (nSPS) is 21.8. The molecule has 12 heteroatoms. The molecule has 3 aromatic heterocycles. The third-order valence-electron chi connectivity index (χ3n) is 9.88. The number of H-pyrrole nitrogens is 1. The number of aromatic nitrogens is 4. The Balaban J connectivity index is 1.12. The summed E-state index contributed by atoms with van der Waals surface area (Å²) in [7, 11) is 2.21. The standard InChI is InChI=1S/C34H44N10O2/c1-42-18-20-44(21-19-42)25-12-16-43(17-13-25)24-6-2-22(3-7-24)39-34-31(32(35)46)40-30(29-27-10-14-36-28(27)11-15-37-29)33(41-34)38-23-4-8-26(45)9-5-23/h2-3,6-7,10-11,14-15,23,25-26,36,45H,4-5,8-9,12-13,16-21H2,1H3,(H2,35,46)(H2,38,39,41)/t23-,26-. The van der Waals surface area contributed by atoms with Crippen molar-refractivity contribution in [2.24, 2.45) is 5.73 Å². The molecule has 1 amide bonds. The van der Waals surface area contributed by atoms with Crippen LogP contribution in [0, 0.1) is 0 Å². The van der Waals surface area contributed by atoms with E-state index < -0.39 is 5.91 Å². The first-order chi connectivity index (χ1) is 22.4. The fourth-order valence-electron chi connectivity index (χ4n) is 7.11. The van der Waals surface area contributed by atoms with Crippen molar-refractivity contribution in [2.75, 3.05) is 61.8 Å². The highest BCUT2D eigenvalue weighted by atomic mass is 16.3. The van der Waals surface area contributed by atoms with Crippen LogP contribution in [0.15, 0.2) is 48.8 Å². The average molecular weight is 625 g/mol. The van der Waals surface area contributed by atoms with Gasteiger partial charge in [-0.15, -0.1) is 0 Å². The summed E-state index contributed by atoms with van der Waals surface area (Å²) in [5.74, 6) is 0.135. The molecule has 0 bridgehead atoms. The maximum absolute atomic E-state index is 12.8. The van der Waals surface area contributed by atoms with Crippen molar-refractivity contribution in [1.82, 2.24) is 29.7 Å². The van der Waals surface area contributed by atoms with Crippen LogP contribution in [0.3, 0.4) is 0 Å². The van der Waals surface area contributed by atoms with Crippen molar-refractivity contribution in [1.29, 1.82) is 0 Å². The van der Waals surface area contributed by atoms with Crippen LogP contribution in [0.2, 0.25) is 0 Å². The predicted octanol–water partition coefficient (Wildman–Crippen LogP) is 3.79. The number of aromatic amines is 1. The Kier molecular flexibility index (Phi) is 8.74. The van der Waals surface area contributed by atoms with Gasteiger partial charge in [0.15, 0.2) is 17.3 Å². The molecule has 3 aliphatic rings. The first-order valence-electron chi connectivity index (χ1n) is 16.5. The lowest BCUT2D eigenvalue weighted by molar-refractivity contribution is 0.0982. The van der Waals surface area contributed by atoms with Gasteiger partial charge in [-0.25, -0.2) is 9.97 Å². The maximum Gasteiger partial charge on any atom is 0.271 e. The molecular weight excluding hydrogens is 580 g/mol. The summed E-state index contributed by atoms with van der Waals surface area (Å²) in [4.78, 5) is 37.9. The largest absolute Gasteiger partial charge is 0.393 e. The number of hydrogen-bond donors (Lipinski definition) is 5. The predicted molar refractivity (Wildman–Crippen MR) is 182 cm³/mol. The molecular formula is C34H44N10O2. The minimum Gasteiger partial charge on any atom is -0.393 e. The Morgan fingerprint density at radius 2 is 1.63 bits per heavy atom. The smallest absolute Gasteiger partial charge is 0.271 e. The van der Waals surface area contributed by atoms with Crippen LogP contribution in [0.5, 0.6) is 0 Å². The van der Waals surface area contributed by atoms with E-state index in [1.165, 1.54) is 18.5 Å². The van der Waals surface area contributed by atoms with E-state index in [0.717, 1.165) is 81.5 Å². The summed E-state index contributed by atoms with van der Waals surface area (Å²) in [5.41, 5.74) is 9.89. The Bertz CT molecular complexity index is 1650. The lowest BCUT2D eigenvalue weighted by Crippen LogP contribution is -2.52. The number of carbonyl (C=O) groups is 1. The molecule has 242 valence electrons. The van der Waals surface area contributed by atoms with Gasteiger partial charge in [0.05, 0.1) is 6.10 Å². The van der Waals surface area contributed by atoms with Crippen LogP contribution in [-0.2, 0) is 0 Å². The van der Waals surface area contributed by atoms with E-state index in [9.17, 15) is 9.90 Å². The number of nitrogens with two attached hydrogens (primary N) is 1. The number of aliphatic hydroxyl groups is 1. The SMILES string of the molecule is CN1CCN(C2CCN(c3ccc(Nc4nc(N[C@H]5CC[C@H](O)CC5)c(-c5nccc6[nH]ccc56)nc4C(N)=O)cc3)CC2)CC1. The molecule has 5 heterocycles. The molecule has 3 fully saturated rings. The van der Waals surface area contributed by atoms with Crippen LogP contribution in [0.4, 0.5) is 23.0 Å². The van der Waals surface area contributed by atoms with Crippen LogP contribution in [0.1, 0.15) is 49.0 Å². The third-order valence-corrected chi connectivity index (χ3v) is 9.88. The van der Waals surface area contributed by atoms with Crippen molar-refractivity contribution >= 4 is 39.8 Å². The summed E-state index contributed by atoms with van der Waals surface area (Å²) in [6.45, 7) is 6.72. The van der Waals surface area contributed by atoms with Gasteiger partial charge in [-0.1, -0.05) is 0 Å². The second-order valence-electron chi connectivity index (χ2n) is 13.0. The van der Waals surface area contributed by atoms with Gasteiger partial charge in [0.2, 0.25) is 0 Å². The summed E-state index contributed by atoms with van der Waals surface area (Å²) < 4.78 is 0. The first kappa shape index (κ1) is 30.4. The molecule has 46 heavy (non-hydrogen) atoms. The Morgan fingerprint density at radius 1 is 0.891 bits per heavy atom. The van der Waals surface area contributed by atoms with E-state index in [1.807, 2.05) is 30.5 Å². The van der Waals surface area contributed by atoms with Gasteiger partial charge in [-0.2, -0.15) is 0 Å². The van der Waals surface area contributed by atoms with Crippen molar-refractivity contribution in [3.8, 4) is 11.4 Å². The molecule has 6 N–H and O–H groups in total. The lowest BCUT2D eigenvalue weighted by atomic mass is 9.93. The molecule has 2 saturated heterocycles. The molecule has 0 atom stereocenters. The fourth-order valence-corrected chi connectivity index (χ4v) is 7.11. The summed E-state index contributed by atoms with van der Waals surface area (Å²) in [6.07, 6.45) is 8.68. The molecule has 4 aromatic rings. The molecule has 0 spiro atoms. The number of likely N-dealkylation sites (N-methyl/N-ethyl adjacent to an activating group) is 1. The van der Waals surface area contributed by atoms with Gasteiger partial charge in [0.1, 0.15) is 11.4 Å². The minimum atomic E-state index is -0.676. The number of piperazine rings is 1. The highest BCUT2D eigenvalue weighted by molar-refractivity contribution is 6.00. The minimum absolute atomic E-state index is 0.0454. The highest BCUT2D eigenvalue weighted by Crippen LogP contribution is 2.34. The van der Waals surface area contributed by atoms with Crippen LogP contribution < -0.4 is 21.3 Å². The quantitative estimate of drug-likeness (QED) is 0.196. The average Bonchev–Trinajstić information content (AvgIpc) is 3.56. The van der Waals surface area contributed by atoms with Gasteiger partial charge in [0, 0.05) is 86.0 Å². The number of aliphatic hydroxyl groups excluding tert-OH is 1. The second kappa shape index (κ2) is 13.2. The number of nitrogens with zero attached hydrogens (tertiary/aromatic N) is 6. The molecule has 2 aliphatic heterocycles. The Labute approximate surface area is 269 Å². The number of carbonyl (C=O) groups excluding carboxylic acids is 1. The summed E-state index contributed by atoms with van der Waals surface area (Å²) in [5, 5.41) is 17.8. The van der Waals surface area contributed by atoms with Gasteiger partial charge in [-0.05, 0) is 82.0 Å². The van der Waals surface area contributed by atoms with E-state index in [2.05, 4.69) is 54.5 Å². The highest BCUT2D eigenvalue weighted by Gasteiger charge is 2.28. The zero-order valence-corrected chi connectivity index (χ0v) is 26.5. The monoisotopic (exact) mass is 624 g/mol. The number of amides is 1. The topological polar surface area (TPSA) is 152 Å². The van der Waals surface area contributed by atoms with Crippen molar-refractivity contribution < 1.29 is 9.90 Å². The number of nitrogens with one attached hydrogen (secondary N) is 3. The molecule has 1 aliphatic carbocycles. The van der Waals surface area contributed by atoms with E-state index in [0.29, 0.717) is 23.2 Å². The van der Waals surface area contributed by atoms with Crippen LogP contribution in [-0.4, -0.2) is 105 Å². The van der Waals surface area contributed by atoms with E-state index in [-0.39, 0.29) is 23.7 Å². The number of fused-ring (bicyclic) bond motifs is 1. The molecule has 1 saturated carbocycles. The number of piperidine rings is 1. The summed E-state index contributed by atoms with van der Waals surface area (Å²) >= 11 is 0. The number of pyridine rings is 1. The van der Waals surface area contributed by atoms with Crippen molar-refractivity contribution in [2.45, 2.75) is 56.7 Å². The maximum atomic E-state index is 12.8.